The van der Waals surface area contributed by atoms with Crippen LogP contribution >= 0.6 is 0 Å². The van der Waals surface area contributed by atoms with Crippen molar-refractivity contribution < 1.29 is 38.0 Å². The van der Waals surface area contributed by atoms with Crippen LogP contribution in [0, 0.1) is 5.21 Å². The van der Waals surface area contributed by atoms with Crippen molar-refractivity contribution in [2.75, 3.05) is 26.3 Å². The zero-order chi connectivity index (χ0) is 21.0. The number of nitrogens with zero attached hydrogens (tertiary/aromatic N) is 1. The summed E-state index contributed by atoms with van der Waals surface area (Å²) in [5.74, 6) is -1.68. The summed E-state index contributed by atoms with van der Waals surface area (Å²) in [6.07, 6.45) is 3.28. The van der Waals surface area contributed by atoms with Gasteiger partial charge in [0.2, 0.25) is 0 Å². The van der Waals surface area contributed by atoms with Crippen molar-refractivity contribution in [1.82, 2.24) is 0 Å². The van der Waals surface area contributed by atoms with E-state index >= 15 is 0 Å². The quantitative estimate of drug-likeness (QED) is 0.126. The van der Waals surface area contributed by atoms with Gasteiger partial charge in [0, 0.05) is 30.9 Å². The zero-order valence-corrected chi connectivity index (χ0v) is 16.8. The molecule has 4 heterocycles. The third-order valence-electron chi connectivity index (χ3n) is 6.53. The second-order valence-electron chi connectivity index (χ2n) is 8.29. The molecule has 0 amide bonds. The molecule has 0 spiro atoms. The normalized spacial score (nSPS) is 42.6. The number of allylic oxidation sites excluding steroid dienone is 1. The first-order valence-electron chi connectivity index (χ1n) is 9.78. The Morgan fingerprint density at radius 3 is 2.90 bits per heavy atom. The number of carbonyl (C=O) groups excluding carboxylic acids is 3. The van der Waals surface area contributed by atoms with Gasteiger partial charge in [-0.25, -0.2) is 9.59 Å². The van der Waals surface area contributed by atoms with Gasteiger partial charge >= 0.3 is 17.9 Å². The molecule has 0 saturated carbocycles. The number of quaternary nitrogens is 1. The summed E-state index contributed by atoms with van der Waals surface area (Å²) in [5.41, 5.74) is -1.60. The molecule has 4 rings (SSSR count). The van der Waals surface area contributed by atoms with Crippen LogP contribution < -0.4 is 0 Å². The van der Waals surface area contributed by atoms with E-state index in [1.807, 2.05) is 0 Å². The van der Waals surface area contributed by atoms with Gasteiger partial charge in [0.05, 0.1) is 13.1 Å². The Kier molecular flexibility index (Phi) is 4.60. The largest absolute Gasteiger partial charge is 0.632 e. The summed E-state index contributed by atoms with van der Waals surface area (Å²) in [6.45, 7) is 4.87. The van der Waals surface area contributed by atoms with Crippen LogP contribution in [-0.2, 0) is 33.3 Å². The highest BCUT2D eigenvalue weighted by atomic mass is 16.7. The first kappa shape index (κ1) is 20.1. The van der Waals surface area contributed by atoms with E-state index in [9.17, 15) is 19.6 Å². The standard InChI is InChI=1S/C20H25NO8/c1-4-13-9-20(11-27-12(2)22)19(3,29-20)18(24)26-10-14-5-7-21(25)8-6-15(16(14)21)28-17(13)23/h4-5,15-16H,6-11H2,1-3H3/b13-4-/t15-,16-,19+,20+,21?/m1/s1. The van der Waals surface area contributed by atoms with Crippen molar-refractivity contribution in [2.24, 2.45) is 0 Å². The number of esters is 3. The molecular weight excluding hydrogens is 382 g/mol. The number of hydroxylamine groups is 3. The highest BCUT2D eigenvalue weighted by Gasteiger charge is 2.74. The number of cyclic esters (lactones) is 1. The molecule has 4 aliphatic heterocycles. The van der Waals surface area contributed by atoms with Crippen LogP contribution in [0.5, 0.6) is 0 Å². The average molecular weight is 407 g/mol. The van der Waals surface area contributed by atoms with E-state index in [4.69, 9.17) is 18.9 Å². The minimum absolute atomic E-state index is 0.0265. The molecule has 1 unspecified atom stereocenters. The van der Waals surface area contributed by atoms with E-state index < -0.39 is 45.9 Å². The summed E-state index contributed by atoms with van der Waals surface area (Å²) >= 11 is 0. The lowest BCUT2D eigenvalue weighted by atomic mass is 9.88. The number of ether oxygens (including phenoxy) is 4. The molecule has 158 valence electrons. The van der Waals surface area contributed by atoms with Crippen molar-refractivity contribution in [3.05, 3.63) is 28.5 Å². The fraction of sp³-hybridized carbons (Fsp3) is 0.650. The van der Waals surface area contributed by atoms with Crippen LogP contribution in [0.2, 0.25) is 0 Å². The Morgan fingerprint density at radius 2 is 2.21 bits per heavy atom. The first-order chi connectivity index (χ1) is 13.6. The van der Waals surface area contributed by atoms with E-state index in [1.165, 1.54) is 6.92 Å². The molecule has 4 aliphatic rings. The fourth-order valence-electron chi connectivity index (χ4n) is 4.69. The van der Waals surface area contributed by atoms with E-state index in [1.54, 1.807) is 26.0 Å². The van der Waals surface area contributed by atoms with E-state index in [-0.39, 0.29) is 26.2 Å². The summed E-state index contributed by atoms with van der Waals surface area (Å²) < 4.78 is 21.6. The molecule has 0 bridgehead atoms. The number of hydrogen-bond acceptors (Lipinski definition) is 8. The minimum Gasteiger partial charge on any atom is -0.632 e. The van der Waals surface area contributed by atoms with E-state index in [0.717, 1.165) is 0 Å². The van der Waals surface area contributed by atoms with Crippen molar-refractivity contribution in [3.8, 4) is 0 Å². The maximum Gasteiger partial charge on any atom is 0.341 e. The predicted octanol–water partition coefficient (Wildman–Crippen LogP) is 0.909. The number of epoxide rings is 1. The van der Waals surface area contributed by atoms with Crippen molar-refractivity contribution >= 4 is 17.9 Å². The summed E-state index contributed by atoms with van der Waals surface area (Å²) in [6, 6.07) is -0.553. The van der Waals surface area contributed by atoms with Gasteiger partial charge in [-0.05, 0) is 19.9 Å². The van der Waals surface area contributed by atoms with Gasteiger partial charge in [0.25, 0.3) is 0 Å². The van der Waals surface area contributed by atoms with Gasteiger partial charge in [0.15, 0.2) is 17.7 Å². The lowest BCUT2D eigenvalue weighted by Gasteiger charge is -2.40. The molecule has 3 fully saturated rings. The predicted molar refractivity (Wildman–Crippen MR) is 97.9 cm³/mol. The Balaban J connectivity index is 1.66. The summed E-state index contributed by atoms with van der Waals surface area (Å²) in [7, 11) is 0. The van der Waals surface area contributed by atoms with Gasteiger partial charge in [0.1, 0.15) is 18.8 Å². The van der Waals surface area contributed by atoms with Crippen LogP contribution in [0.3, 0.4) is 0 Å². The Hall–Kier alpha value is -2.23. The van der Waals surface area contributed by atoms with Crippen LogP contribution in [0.4, 0.5) is 0 Å². The van der Waals surface area contributed by atoms with Crippen molar-refractivity contribution in [3.63, 3.8) is 0 Å². The molecular formula is C20H25NO8. The van der Waals surface area contributed by atoms with Crippen LogP contribution in [0.15, 0.2) is 23.3 Å². The molecule has 0 aromatic carbocycles. The monoisotopic (exact) mass is 407 g/mol. The molecule has 9 heteroatoms. The molecule has 0 radical (unpaired) electrons. The van der Waals surface area contributed by atoms with Crippen molar-refractivity contribution in [2.45, 2.75) is 57.0 Å². The molecule has 3 saturated heterocycles. The van der Waals surface area contributed by atoms with Gasteiger partial charge < -0.3 is 28.8 Å². The average Bonchev–Trinajstić information content (AvgIpc) is 2.93. The van der Waals surface area contributed by atoms with Gasteiger partial charge in [-0.2, -0.15) is 0 Å². The maximum atomic E-state index is 13.0. The van der Waals surface area contributed by atoms with Crippen LogP contribution in [0.1, 0.15) is 33.6 Å². The van der Waals surface area contributed by atoms with Crippen LogP contribution in [-0.4, -0.2) is 72.2 Å². The highest BCUT2D eigenvalue weighted by molar-refractivity contribution is 5.90. The first-order valence-corrected chi connectivity index (χ1v) is 9.78. The molecule has 9 nitrogen and oxygen atoms in total. The zero-order valence-electron chi connectivity index (χ0n) is 16.8. The van der Waals surface area contributed by atoms with E-state index in [0.29, 0.717) is 24.1 Å². The number of fused-ring (bicyclic) bond motifs is 1. The molecule has 0 N–H and O–H groups in total. The SMILES string of the molecule is C/C=C1/C[C@@]2(COC(C)=O)O[C@@]2(C)C(=O)OCC2=CC[N+]3([O-])CC[C@@H](OC1=O)[C@@H]23. The van der Waals surface area contributed by atoms with Gasteiger partial charge in [-0.1, -0.05) is 6.08 Å². The Bertz CT molecular complexity index is 834. The smallest absolute Gasteiger partial charge is 0.341 e. The lowest BCUT2D eigenvalue weighted by molar-refractivity contribution is -0.877. The molecule has 0 aromatic heterocycles. The lowest BCUT2D eigenvalue weighted by Crippen LogP contribution is -2.48. The second kappa shape index (κ2) is 6.65. The Morgan fingerprint density at radius 1 is 1.45 bits per heavy atom. The van der Waals surface area contributed by atoms with Gasteiger partial charge in [-0.3, -0.25) is 4.79 Å². The second-order valence-corrected chi connectivity index (χ2v) is 8.29. The van der Waals surface area contributed by atoms with E-state index in [2.05, 4.69) is 0 Å². The maximum absolute atomic E-state index is 13.0. The van der Waals surface area contributed by atoms with Crippen molar-refractivity contribution in [1.29, 1.82) is 0 Å². The summed E-state index contributed by atoms with van der Waals surface area (Å²) in [4.78, 5) is 37.0. The molecule has 0 aliphatic carbocycles. The Labute approximate surface area is 168 Å². The number of hydrogen-bond donors (Lipinski definition) is 0. The van der Waals surface area contributed by atoms with Crippen LogP contribution in [0.25, 0.3) is 0 Å². The minimum atomic E-state index is -1.37. The summed E-state index contributed by atoms with van der Waals surface area (Å²) in [5, 5.41) is 13.0. The highest BCUT2D eigenvalue weighted by Crippen LogP contribution is 2.53. The number of rotatable bonds is 2. The molecule has 0 aromatic rings. The third-order valence-corrected chi connectivity index (χ3v) is 6.53. The topological polar surface area (TPSA) is 114 Å². The fourth-order valence-corrected chi connectivity index (χ4v) is 4.69. The van der Waals surface area contributed by atoms with Gasteiger partial charge in [-0.15, -0.1) is 0 Å². The molecule has 5 atom stereocenters. The third kappa shape index (κ3) is 3.08. The number of carbonyl (C=O) groups is 3. The molecule has 29 heavy (non-hydrogen) atoms.